The number of aryl methyl sites for hydroxylation is 1. The highest BCUT2D eigenvalue weighted by Crippen LogP contribution is 2.04. The van der Waals surface area contributed by atoms with Crippen LogP contribution >= 0.6 is 0 Å². The lowest BCUT2D eigenvalue weighted by Gasteiger charge is -2.32. The Morgan fingerprint density at radius 1 is 1.17 bits per heavy atom. The second-order valence-electron chi connectivity index (χ2n) is 4.91. The SMILES string of the molecule is Cc1ccc(C(=O)CNN2CCN(C)CC2)cc1. The molecule has 0 aliphatic carbocycles. The average molecular weight is 247 g/mol. The molecule has 4 heteroatoms. The molecule has 0 unspecified atom stereocenters. The van der Waals surface area contributed by atoms with Gasteiger partial charge in [-0.2, -0.15) is 0 Å². The summed E-state index contributed by atoms with van der Waals surface area (Å²) in [6.07, 6.45) is 0. The topological polar surface area (TPSA) is 35.6 Å². The Kier molecular flexibility index (Phi) is 4.47. The first-order chi connectivity index (χ1) is 8.65. The maximum absolute atomic E-state index is 12.0. The molecule has 1 heterocycles. The number of carbonyl (C=O) groups is 1. The Balaban J connectivity index is 1.79. The van der Waals surface area contributed by atoms with Gasteiger partial charge in [0, 0.05) is 31.7 Å². The lowest BCUT2D eigenvalue weighted by Crippen LogP contribution is -2.51. The van der Waals surface area contributed by atoms with Crippen LogP contribution in [-0.4, -0.2) is 55.5 Å². The van der Waals surface area contributed by atoms with Gasteiger partial charge >= 0.3 is 0 Å². The van der Waals surface area contributed by atoms with E-state index in [-0.39, 0.29) is 5.78 Å². The minimum absolute atomic E-state index is 0.147. The van der Waals surface area contributed by atoms with E-state index in [0.717, 1.165) is 31.7 Å². The van der Waals surface area contributed by atoms with Gasteiger partial charge in [0.05, 0.1) is 6.54 Å². The molecule has 4 nitrogen and oxygen atoms in total. The number of hydrogen-bond donors (Lipinski definition) is 1. The molecule has 0 atom stereocenters. The highest BCUT2D eigenvalue weighted by atomic mass is 16.1. The molecule has 0 amide bonds. The standard InChI is InChI=1S/C14H21N3O/c1-12-3-5-13(6-4-12)14(18)11-15-17-9-7-16(2)8-10-17/h3-6,15H,7-11H2,1-2H3. The number of rotatable bonds is 4. The van der Waals surface area contributed by atoms with Crippen LogP contribution < -0.4 is 5.43 Å². The monoisotopic (exact) mass is 247 g/mol. The van der Waals surface area contributed by atoms with Gasteiger partial charge in [0.1, 0.15) is 0 Å². The van der Waals surface area contributed by atoms with E-state index in [0.29, 0.717) is 6.54 Å². The molecule has 1 fully saturated rings. The highest BCUT2D eigenvalue weighted by Gasteiger charge is 2.14. The van der Waals surface area contributed by atoms with E-state index < -0.39 is 0 Å². The van der Waals surface area contributed by atoms with Gasteiger partial charge in [-0.1, -0.05) is 29.8 Å². The summed E-state index contributed by atoms with van der Waals surface area (Å²) in [4.78, 5) is 14.3. The van der Waals surface area contributed by atoms with Crippen LogP contribution in [0.25, 0.3) is 0 Å². The maximum Gasteiger partial charge on any atom is 0.178 e. The summed E-state index contributed by atoms with van der Waals surface area (Å²) in [7, 11) is 2.12. The fraction of sp³-hybridized carbons (Fsp3) is 0.500. The predicted octanol–water partition coefficient (Wildman–Crippen LogP) is 0.930. The molecule has 18 heavy (non-hydrogen) atoms. The number of ketones is 1. The molecule has 1 aromatic rings. The van der Waals surface area contributed by atoms with Crippen LogP contribution in [0.15, 0.2) is 24.3 Å². The predicted molar refractivity (Wildman–Crippen MR) is 72.6 cm³/mol. The Labute approximate surface area is 109 Å². The normalized spacial score (nSPS) is 17.9. The van der Waals surface area contributed by atoms with Crippen molar-refractivity contribution in [1.29, 1.82) is 0 Å². The van der Waals surface area contributed by atoms with Crippen molar-refractivity contribution in [1.82, 2.24) is 15.3 Å². The lowest BCUT2D eigenvalue weighted by atomic mass is 10.1. The van der Waals surface area contributed by atoms with Gasteiger partial charge in [0.15, 0.2) is 5.78 Å². The van der Waals surface area contributed by atoms with Gasteiger partial charge in [-0.25, -0.2) is 10.4 Å². The van der Waals surface area contributed by atoms with E-state index in [1.807, 2.05) is 31.2 Å². The Morgan fingerprint density at radius 2 is 1.78 bits per heavy atom. The minimum atomic E-state index is 0.147. The fourth-order valence-electron chi connectivity index (χ4n) is 1.99. The molecular weight excluding hydrogens is 226 g/mol. The van der Waals surface area contributed by atoms with Crippen molar-refractivity contribution >= 4 is 5.78 Å². The summed E-state index contributed by atoms with van der Waals surface area (Å²) in [5.41, 5.74) is 5.17. The lowest BCUT2D eigenvalue weighted by molar-refractivity contribution is 0.0838. The molecule has 2 rings (SSSR count). The van der Waals surface area contributed by atoms with E-state index in [2.05, 4.69) is 22.4 Å². The molecular formula is C14H21N3O. The number of benzene rings is 1. The first-order valence-electron chi connectivity index (χ1n) is 6.42. The smallest absolute Gasteiger partial charge is 0.178 e. The second kappa shape index (κ2) is 6.09. The number of nitrogens with one attached hydrogen (secondary N) is 1. The van der Waals surface area contributed by atoms with Gasteiger partial charge in [0.2, 0.25) is 0 Å². The molecule has 1 saturated heterocycles. The van der Waals surface area contributed by atoms with Crippen molar-refractivity contribution in [3.8, 4) is 0 Å². The summed E-state index contributed by atoms with van der Waals surface area (Å²) < 4.78 is 0. The van der Waals surface area contributed by atoms with Crippen LogP contribution in [-0.2, 0) is 0 Å². The van der Waals surface area contributed by atoms with Crippen LogP contribution in [0.3, 0.4) is 0 Å². The van der Waals surface area contributed by atoms with Crippen LogP contribution in [0.1, 0.15) is 15.9 Å². The Morgan fingerprint density at radius 3 is 2.39 bits per heavy atom. The highest BCUT2D eigenvalue weighted by molar-refractivity contribution is 5.97. The van der Waals surface area contributed by atoms with Crippen LogP contribution in [0, 0.1) is 6.92 Å². The van der Waals surface area contributed by atoms with Crippen LogP contribution in [0.4, 0.5) is 0 Å². The number of hydrazine groups is 1. The number of carbonyl (C=O) groups excluding carboxylic acids is 1. The number of nitrogens with zero attached hydrogens (tertiary/aromatic N) is 2. The van der Waals surface area contributed by atoms with E-state index in [1.54, 1.807) is 0 Å². The largest absolute Gasteiger partial charge is 0.304 e. The number of likely N-dealkylation sites (N-methyl/N-ethyl adjacent to an activating group) is 1. The molecule has 0 spiro atoms. The molecule has 0 bridgehead atoms. The fourth-order valence-corrected chi connectivity index (χ4v) is 1.99. The third kappa shape index (κ3) is 3.63. The summed E-state index contributed by atoms with van der Waals surface area (Å²) in [5, 5.41) is 2.13. The van der Waals surface area contributed by atoms with E-state index in [9.17, 15) is 4.79 Å². The zero-order valence-electron chi connectivity index (χ0n) is 11.1. The van der Waals surface area contributed by atoms with Crippen molar-refractivity contribution in [3.05, 3.63) is 35.4 Å². The van der Waals surface area contributed by atoms with Crippen LogP contribution in [0.5, 0.6) is 0 Å². The van der Waals surface area contributed by atoms with Gasteiger partial charge in [-0.3, -0.25) is 4.79 Å². The number of piperazine rings is 1. The maximum atomic E-state index is 12.0. The molecule has 1 aromatic carbocycles. The summed E-state index contributed by atoms with van der Waals surface area (Å²) in [6.45, 7) is 6.44. The molecule has 1 aliphatic rings. The Bertz CT molecular complexity index is 394. The van der Waals surface area contributed by atoms with E-state index >= 15 is 0 Å². The van der Waals surface area contributed by atoms with Gasteiger partial charge in [-0.05, 0) is 14.0 Å². The Hall–Kier alpha value is -1.23. The van der Waals surface area contributed by atoms with Gasteiger partial charge in [0.25, 0.3) is 0 Å². The zero-order valence-corrected chi connectivity index (χ0v) is 11.1. The van der Waals surface area contributed by atoms with Crippen molar-refractivity contribution < 1.29 is 4.79 Å². The molecule has 0 aromatic heterocycles. The van der Waals surface area contributed by atoms with Crippen molar-refractivity contribution in [2.45, 2.75) is 6.92 Å². The third-order valence-electron chi connectivity index (χ3n) is 3.34. The average Bonchev–Trinajstić information content (AvgIpc) is 2.38. The molecule has 1 aliphatic heterocycles. The first kappa shape index (κ1) is 13.2. The quantitative estimate of drug-likeness (QED) is 0.803. The molecule has 1 N–H and O–H groups in total. The molecule has 0 radical (unpaired) electrons. The summed E-state index contributed by atoms with van der Waals surface area (Å²) >= 11 is 0. The van der Waals surface area contributed by atoms with Gasteiger partial charge < -0.3 is 4.90 Å². The van der Waals surface area contributed by atoms with Crippen molar-refractivity contribution in [2.24, 2.45) is 0 Å². The van der Waals surface area contributed by atoms with Gasteiger partial charge in [-0.15, -0.1) is 0 Å². The summed E-state index contributed by atoms with van der Waals surface area (Å²) in [5.74, 6) is 0.147. The van der Waals surface area contributed by atoms with E-state index in [1.165, 1.54) is 5.56 Å². The minimum Gasteiger partial charge on any atom is -0.304 e. The van der Waals surface area contributed by atoms with E-state index in [4.69, 9.17) is 0 Å². The second-order valence-corrected chi connectivity index (χ2v) is 4.91. The molecule has 0 saturated carbocycles. The number of hydrogen-bond acceptors (Lipinski definition) is 4. The van der Waals surface area contributed by atoms with Crippen molar-refractivity contribution in [2.75, 3.05) is 39.8 Å². The zero-order chi connectivity index (χ0) is 13.0. The van der Waals surface area contributed by atoms with Crippen molar-refractivity contribution in [3.63, 3.8) is 0 Å². The third-order valence-corrected chi connectivity index (χ3v) is 3.34. The first-order valence-corrected chi connectivity index (χ1v) is 6.42. The summed E-state index contributed by atoms with van der Waals surface area (Å²) in [6, 6.07) is 7.73. The van der Waals surface area contributed by atoms with Crippen LogP contribution in [0.2, 0.25) is 0 Å². The number of Topliss-reactive ketones (excluding diaryl/α,β-unsaturated/α-hetero) is 1. The molecule has 98 valence electrons.